The Morgan fingerprint density at radius 3 is 2.45 bits per heavy atom. The molecule has 1 amide bonds. The number of rotatable bonds is 8. The molecule has 2 aromatic carbocycles. The Morgan fingerprint density at radius 2 is 1.79 bits per heavy atom. The number of hydrogen-bond acceptors (Lipinski definition) is 7. The van der Waals surface area contributed by atoms with Crippen molar-refractivity contribution in [1.29, 1.82) is 0 Å². The molecule has 0 aliphatic rings. The molecule has 1 N–H and O–H groups in total. The lowest BCUT2D eigenvalue weighted by Gasteiger charge is -2.04. The predicted molar refractivity (Wildman–Crippen MR) is 112 cm³/mol. The number of sulfone groups is 1. The lowest BCUT2D eigenvalue weighted by Crippen LogP contribution is -2.17. The molecule has 3 aromatic rings. The molecule has 10 heteroatoms. The van der Waals surface area contributed by atoms with Crippen molar-refractivity contribution in [1.82, 2.24) is 10.2 Å². The molecular weight excluding hydrogens is 434 g/mol. The van der Waals surface area contributed by atoms with Crippen LogP contribution in [0.4, 0.5) is 6.01 Å². The summed E-state index contributed by atoms with van der Waals surface area (Å²) in [6.07, 6.45) is 2.20. The van der Waals surface area contributed by atoms with Crippen molar-refractivity contribution in [2.45, 2.75) is 22.6 Å². The fourth-order valence-electron chi connectivity index (χ4n) is 2.46. The normalized spacial score (nSPS) is 11.4. The van der Waals surface area contributed by atoms with Crippen LogP contribution in [0.5, 0.6) is 0 Å². The topological polar surface area (TPSA) is 102 Å². The molecule has 0 saturated carbocycles. The van der Waals surface area contributed by atoms with Crippen LogP contribution in [0.1, 0.15) is 17.9 Å². The molecule has 0 aliphatic carbocycles. The van der Waals surface area contributed by atoms with Gasteiger partial charge in [0, 0.05) is 16.3 Å². The Labute approximate surface area is 177 Å². The number of anilines is 1. The zero-order valence-corrected chi connectivity index (χ0v) is 17.9. The molecule has 29 heavy (non-hydrogen) atoms. The lowest BCUT2D eigenvalue weighted by atomic mass is 10.1. The zero-order chi connectivity index (χ0) is 20.9. The summed E-state index contributed by atoms with van der Waals surface area (Å²) in [5.74, 6) is -0.517. The first-order valence-electron chi connectivity index (χ1n) is 8.59. The molecule has 0 unspecified atom stereocenters. The minimum atomic E-state index is -3.59. The molecule has 7 nitrogen and oxygen atoms in total. The minimum Gasteiger partial charge on any atom is -0.407 e. The third-order valence-electron chi connectivity index (χ3n) is 4.00. The molecule has 0 radical (unpaired) electrons. The van der Waals surface area contributed by atoms with Gasteiger partial charge < -0.3 is 4.42 Å². The average Bonchev–Trinajstić information content (AvgIpc) is 3.14. The van der Waals surface area contributed by atoms with Crippen LogP contribution in [0.3, 0.4) is 0 Å². The number of amides is 1. The van der Waals surface area contributed by atoms with Crippen LogP contribution in [0.15, 0.2) is 62.7 Å². The third kappa shape index (κ3) is 6.06. The smallest absolute Gasteiger partial charge is 0.322 e. The van der Waals surface area contributed by atoms with E-state index in [4.69, 9.17) is 16.0 Å². The largest absolute Gasteiger partial charge is 0.407 e. The van der Waals surface area contributed by atoms with E-state index in [1.165, 1.54) is 24.3 Å². The molecule has 1 heterocycles. The first-order valence-corrected chi connectivity index (χ1v) is 11.8. The van der Waals surface area contributed by atoms with Crippen molar-refractivity contribution < 1.29 is 17.6 Å². The van der Waals surface area contributed by atoms with Gasteiger partial charge in [0.15, 0.2) is 9.84 Å². The number of aromatic nitrogens is 2. The Morgan fingerprint density at radius 1 is 1.10 bits per heavy atom. The second kappa shape index (κ2) is 9.43. The van der Waals surface area contributed by atoms with Gasteiger partial charge in [-0.25, -0.2) is 8.42 Å². The predicted octanol–water partition coefficient (Wildman–Crippen LogP) is 3.84. The lowest BCUT2D eigenvalue weighted by molar-refractivity contribution is -0.116. The quantitative estimate of drug-likeness (QED) is 0.519. The van der Waals surface area contributed by atoms with Gasteiger partial charge in [-0.3, -0.25) is 10.1 Å². The van der Waals surface area contributed by atoms with Gasteiger partial charge in [-0.15, -0.1) is 16.9 Å². The number of nitrogens with one attached hydrogen (secondary N) is 1. The van der Waals surface area contributed by atoms with E-state index in [0.29, 0.717) is 17.3 Å². The Kier molecular flexibility index (Phi) is 6.94. The molecule has 0 bridgehead atoms. The maximum Gasteiger partial charge on any atom is 0.322 e. The van der Waals surface area contributed by atoms with E-state index in [1.807, 2.05) is 30.5 Å². The highest BCUT2D eigenvalue weighted by atomic mass is 35.5. The van der Waals surface area contributed by atoms with Crippen LogP contribution < -0.4 is 5.32 Å². The minimum absolute atomic E-state index is 0.0605. The van der Waals surface area contributed by atoms with Crippen molar-refractivity contribution in [3.8, 4) is 0 Å². The van der Waals surface area contributed by atoms with Crippen molar-refractivity contribution >= 4 is 45.1 Å². The van der Waals surface area contributed by atoms with E-state index in [2.05, 4.69) is 15.5 Å². The number of carbonyl (C=O) groups excluding carboxylic acids is 1. The zero-order valence-electron chi connectivity index (χ0n) is 15.5. The monoisotopic (exact) mass is 451 g/mol. The number of thioether (sulfide) groups is 1. The number of nitrogens with zero attached hydrogens (tertiary/aromatic N) is 2. The summed E-state index contributed by atoms with van der Waals surface area (Å²) in [6, 6.07) is 13.7. The highest BCUT2D eigenvalue weighted by Crippen LogP contribution is 2.18. The summed E-state index contributed by atoms with van der Waals surface area (Å²) in [6.45, 7) is 0. The second-order valence-corrected chi connectivity index (χ2v) is 9.52. The van der Waals surface area contributed by atoms with Crippen LogP contribution in [-0.4, -0.2) is 36.5 Å². The fraction of sp³-hybridized carbons (Fsp3) is 0.211. The third-order valence-corrected chi connectivity index (χ3v) is 6.73. The van der Waals surface area contributed by atoms with E-state index in [1.54, 1.807) is 11.8 Å². The van der Waals surface area contributed by atoms with Gasteiger partial charge in [0.25, 0.3) is 0 Å². The molecule has 0 saturated heterocycles. The number of hydrogen-bond donors (Lipinski definition) is 1. The van der Waals surface area contributed by atoms with Crippen LogP contribution in [0, 0.1) is 0 Å². The van der Waals surface area contributed by atoms with E-state index in [9.17, 15) is 13.2 Å². The maximum absolute atomic E-state index is 12.3. The fourth-order valence-corrected chi connectivity index (χ4v) is 4.24. The number of carbonyl (C=O) groups is 1. The summed E-state index contributed by atoms with van der Waals surface area (Å²) < 4.78 is 30.0. The Bertz CT molecular complexity index is 1080. The SMILES string of the molecule is CSc1ccc(Cc2nnc(NC(=O)CCS(=O)(=O)c3ccc(Cl)cc3)o2)cc1. The number of halogens is 1. The van der Waals surface area contributed by atoms with Crippen molar-refractivity contribution in [3.05, 3.63) is 65.0 Å². The highest BCUT2D eigenvalue weighted by molar-refractivity contribution is 7.98. The molecule has 0 atom stereocenters. The van der Waals surface area contributed by atoms with E-state index in [-0.39, 0.29) is 23.1 Å². The van der Waals surface area contributed by atoms with Gasteiger partial charge in [0.2, 0.25) is 11.8 Å². The molecule has 3 rings (SSSR count). The van der Waals surface area contributed by atoms with E-state index >= 15 is 0 Å². The number of benzene rings is 2. The summed E-state index contributed by atoms with van der Waals surface area (Å²) in [5, 5.41) is 10.6. The van der Waals surface area contributed by atoms with Crippen LogP contribution >= 0.6 is 23.4 Å². The van der Waals surface area contributed by atoms with Crippen molar-refractivity contribution in [2.24, 2.45) is 0 Å². The summed E-state index contributed by atoms with van der Waals surface area (Å²) in [5.41, 5.74) is 0.999. The van der Waals surface area contributed by atoms with E-state index < -0.39 is 15.7 Å². The highest BCUT2D eigenvalue weighted by Gasteiger charge is 2.18. The van der Waals surface area contributed by atoms with Gasteiger partial charge in [-0.1, -0.05) is 28.8 Å². The maximum atomic E-state index is 12.3. The molecule has 152 valence electrons. The van der Waals surface area contributed by atoms with Crippen LogP contribution in [0.2, 0.25) is 5.02 Å². The first-order chi connectivity index (χ1) is 13.9. The van der Waals surface area contributed by atoms with Gasteiger partial charge in [0.05, 0.1) is 17.1 Å². The van der Waals surface area contributed by atoms with Gasteiger partial charge in [0.1, 0.15) is 0 Å². The van der Waals surface area contributed by atoms with Crippen LogP contribution in [0.25, 0.3) is 0 Å². The van der Waals surface area contributed by atoms with Crippen LogP contribution in [-0.2, 0) is 21.1 Å². The summed E-state index contributed by atoms with van der Waals surface area (Å²) >= 11 is 7.42. The Hall–Kier alpha value is -2.36. The first kappa shape index (κ1) is 21.4. The van der Waals surface area contributed by atoms with Crippen molar-refractivity contribution in [2.75, 3.05) is 17.3 Å². The van der Waals surface area contributed by atoms with E-state index in [0.717, 1.165) is 10.5 Å². The molecular formula is C19H18ClN3O4S2. The molecule has 0 spiro atoms. The second-order valence-electron chi connectivity index (χ2n) is 6.10. The van der Waals surface area contributed by atoms with Gasteiger partial charge in [-0.05, 0) is 48.2 Å². The van der Waals surface area contributed by atoms with Gasteiger partial charge in [-0.2, -0.15) is 0 Å². The standard InChI is InChI=1S/C19H18ClN3O4S2/c1-28-15-6-2-13(3-7-15)12-18-22-23-19(27-18)21-17(24)10-11-29(25,26)16-8-4-14(20)5-9-16/h2-9H,10-12H2,1H3,(H,21,23,24). The summed E-state index contributed by atoms with van der Waals surface area (Å²) in [7, 11) is -3.59. The van der Waals surface area contributed by atoms with Crippen molar-refractivity contribution in [3.63, 3.8) is 0 Å². The average molecular weight is 452 g/mol. The Balaban J connectivity index is 1.53. The molecule has 0 aliphatic heterocycles. The molecule has 1 aromatic heterocycles. The van der Waals surface area contributed by atoms with Gasteiger partial charge >= 0.3 is 6.01 Å². The molecule has 0 fully saturated rings. The summed E-state index contributed by atoms with van der Waals surface area (Å²) in [4.78, 5) is 13.3.